The van der Waals surface area contributed by atoms with E-state index in [2.05, 4.69) is 17.6 Å². The molecule has 2 amide bonds. The second-order valence-corrected chi connectivity index (χ2v) is 7.56. The highest BCUT2D eigenvalue weighted by Gasteiger charge is 2.22. The molecule has 1 aromatic carbocycles. The zero-order valence-electron chi connectivity index (χ0n) is 18.7. The molecular weight excluding hydrogens is 418 g/mol. The van der Waals surface area contributed by atoms with Gasteiger partial charge in [0.2, 0.25) is 11.8 Å². The lowest BCUT2D eigenvalue weighted by molar-refractivity contribution is -0.145. The van der Waals surface area contributed by atoms with E-state index in [0.29, 0.717) is 19.4 Å². The van der Waals surface area contributed by atoms with E-state index < -0.39 is 11.9 Å². The van der Waals surface area contributed by atoms with Crippen LogP contribution in [-0.2, 0) is 25.7 Å². The molecule has 0 aliphatic rings. The molecular formula is C23H38ClN3O4. The molecule has 8 heteroatoms. The minimum Gasteiger partial charge on any atom is -0.461 e. The number of amides is 2. The van der Waals surface area contributed by atoms with Crippen molar-refractivity contribution < 1.29 is 19.1 Å². The number of hydrogen-bond donors (Lipinski definition) is 3. The Morgan fingerprint density at radius 1 is 1.03 bits per heavy atom. The van der Waals surface area contributed by atoms with Crippen molar-refractivity contribution in [1.82, 2.24) is 10.6 Å². The lowest BCUT2D eigenvalue weighted by atomic mass is 10.0. The average molecular weight is 456 g/mol. The van der Waals surface area contributed by atoms with Gasteiger partial charge >= 0.3 is 5.97 Å². The standard InChI is InChI=1S/C23H37N3O4.ClH/c1-3-5-12-19(16-21(24)27)26-23(29)20(25-15-4-2)13-9-14-22(28)30-17-18-10-7-6-8-11-18;/h6-8,10-11,19-20,25H,3-5,9,12-17H2,1-2H3,(H2,24,27)(H,26,29);1H/t19-,20-;/m0./s1. The highest BCUT2D eigenvalue weighted by atomic mass is 35.5. The maximum Gasteiger partial charge on any atom is 0.306 e. The van der Waals surface area contributed by atoms with Gasteiger partial charge in [-0.3, -0.25) is 14.4 Å². The summed E-state index contributed by atoms with van der Waals surface area (Å²) in [6.45, 7) is 5.04. The third kappa shape index (κ3) is 13.7. The molecule has 0 fully saturated rings. The molecule has 1 aromatic rings. The number of rotatable bonds is 16. The van der Waals surface area contributed by atoms with E-state index >= 15 is 0 Å². The van der Waals surface area contributed by atoms with Crippen molar-refractivity contribution in [1.29, 1.82) is 0 Å². The van der Waals surface area contributed by atoms with Gasteiger partial charge in [-0.25, -0.2) is 0 Å². The zero-order chi connectivity index (χ0) is 22.2. The van der Waals surface area contributed by atoms with Gasteiger partial charge in [-0.1, -0.05) is 57.0 Å². The number of ether oxygens (including phenoxy) is 1. The van der Waals surface area contributed by atoms with Crippen LogP contribution in [0.25, 0.3) is 0 Å². The van der Waals surface area contributed by atoms with Crippen LogP contribution in [-0.4, -0.2) is 36.4 Å². The first-order valence-corrected chi connectivity index (χ1v) is 11.0. The molecule has 1 rings (SSSR count). The molecule has 0 radical (unpaired) electrons. The van der Waals surface area contributed by atoms with Gasteiger partial charge in [-0.15, -0.1) is 12.4 Å². The Bertz CT molecular complexity index is 643. The summed E-state index contributed by atoms with van der Waals surface area (Å²) in [6.07, 6.45) is 4.96. The fourth-order valence-electron chi connectivity index (χ4n) is 3.13. The van der Waals surface area contributed by atoms with Crippen LogP contribution in [0.15, 0.2) is 30.3 Å². The second-order valence-electron chi connectivity index (χ2n) is 7.56. The molecule has 0 bridgehead atoms. The molecule has 0 aliphatic carbocycles. The topological polar surface area (TPSA) is 111 Å². The first-order valence-electron chi connectivity index (χ1n) is 11.0. The van der Waals surface area contributed by atoms with Crippen molar-refractivity contribution >= 4 is 30.2 Å². The summed E-state index contributed by atoms with van der Waals surface area (Å²) < 4.78 is 5.29. The lowest BCUT2D eigenvalue weighted by Crippen LogP contribution is -2.49. The summed E-state index contributed by atoms with van der Waals surface area (Å²) in [5, 5.41) is 6.19. The Morgan fingerprint density at radius 2 is 1.74 bits per heavy atom. The smallest absolute Gasteiger partial charge is 0.306 e. The lowest BCUT2D eigenvalue weighted by Gasteiger charge is -2.23. The Hall–Kier alpha value is -2.12. The van der Waals surface area contributed by atoms with Crippen LogP contribution in [0.5, 0.6) is 0 Å². The number of carbonyl (C=O) groups excluding carboxylic acids is 3. The number of unbranched alkanes of at least 4 members (excludes halogenated alkanes) is 1. The highest BCUT2D eigenvalue weighted by molar-refractivity contribution is 5.85. The van der Waals surface area contributed by atoms with Gasteiger partial charge < -0.3 is 21.1 Å². The molecule has 0 heterocycles. The summed E-state index contributed by atoms with van der Waals surface area (Å²) in [5.41, 5.74) is 6.27. The Labute approximate surface area is 192 Å². The van der Waals surface area contributed by atoms with Crippen molar-refractivity contribution in [3.8, 4) is 0 Å². The van der Waals surface area contributed by atoms with Crippen LogP contribution >= 0.6 is 12.4 Å². The van der Waals surface area contributed by atoms with Gasteiger partial charge in [0, 0.05) is 18.9 Å². The minimum atomic E-state index is -0.421. The van der Waals surface area contributed by atoms with Crippen LogP contribution in [0.1, 0.15) is 70.8 Å². The zero-order valence-corrected chi connectivity index (χ0v) is 19.5. The molecule has 4 N–H and O–H groups in total. The van der Waals surface area contributed by atoms with Gasteiger partial charge in [-0.05, 0) is 37.8 Å². The number of esters is 1. The molecule has 0 saturated carbocycles. The number of nitrogens with one attached hydrogen (secondary N) is 2. The van der Waals surface area contributed by atoms with Crippen LogP contribution in [0.3, 0.4) is 0 Å². The van der Waals surface area contributed by atoms with E-state index in [1.807, 2.05) is 37.3 Å². The summed E-state index contributed by atoms with van der Waals surface area (Å²) in [7, 11) is 0. The molecule has 0 aliphatic heterocycles. The van der Waals surface area contributed by atoms with Crippen LogP contribution in [0.4, 0.5) is 0 Å². The van der Waals surface area contributed by atoms with Crippen molar-refractivity contribution in [2.75, 3.05) is 6.54 Å². The summed E-state index contributed by atoms with van der Waals surface area (Å²) in [4.78, 5) is 36.1. The van der Waals surface area contributed by atoms with E-state index in [9.17, 15) is 14.4 Å². The highest BCUT2D eigenvalue weighted by Crippen LogP contribution is 2.09. The quantitative estimate of drug-likeness (QED) is 0.331. The van der Waals surface area contributed by atoms with Gasteiger partial charge in [0.05, 0.1) is 6.04 Å². The van der Waals surface area contributed by atoms with Gasteiger partial charge in [0.1, 0.15) is 6.61 Å². The first kappa shape index (κ1) is 28.9. The number of benzene rings is 1. The van der Waals surface area contributed by atoms with Crippen molar-refractivity contribution in [2.24, 2.45) is 5.73 Å². The number of halogens is 1. The number of nitrogens with two attached hydrogens (primary N) is 1. The van der Waals surface area contributed by atoms with Crippen molar-refractivity contribution in [3.05, 3.63) is 35.9 Å². The fraction of sp³-hybridized carbons (Fsp3) is 0.609. The Morgan fingerprint density at radius 3 is 2.35 bits per heavy atom. The predicted octanol–water partition coefficient (Wildman–Crippen LogP) is 3.24. The fourth-order valence-corrected chi connectivity index (χ4v) is 3.13. The molecule has 0 spiro atoms. The van der Waals surface area contributed by atoms with Crippen LogP contribution in [0.2, 0.25) is 0 Å². The predicted molar refractivity (Wildman–Crippen MR) is 125 cm³/mol. The van der Waals surface area contributed by atoms with E-state index in [1.165, 1.54) is 0 Å². The van der Waals surface area contributed by atoms with E-state index in [0.717, 1.165) is 31.2 Å². The van der Waals surface area contributed by atoms with E-state index in [1.54, 1.807) is 0 Å². The molecule has 7 nitrogen and oxygen atoms in total. The largest absolute Gasteiger partial charge is 0.461 e. The molecule has 0 aromatic heterocycles. The normalized spacial score (nSPS) is 12.3. The molecule has 0 unspecified atom stereocenters. The third-order valence-electron chi connectivity index (χ3n) is 4.77. The SMILES string of the molecule is CCCC[C@@H](CC(N)=O)NC(=O)[C@H](CCCC(=O)OCc1ccccc1)NCCC.Cl. The Kier molecular flexibility index (Phi) is 16.3. The van der Waals surface area contributed by atoms with Gasteiger partial charge in [-0.2, -0.15) is 0 Å². The third-order valence-corrected chi connectivity index (χ3v) is 4.77. The maximum absolute atomic E-state index is 12.7. The van der Waals surface area contributed by atoms with E-state index in [-0.39, 0.29) is 49.8 Å². The summed E-state index contributed by atoms with van der Waals surface area (Å²) in [6, 6.07) is 8.86. The molecule has 176 valence electrons. The van der Waals surface area contributed by atoms with E-state index in [4.69, 9.17) is 10.5 Å². The van der Waals surface area contributed by atoms with Crippen molar-refractivity contribution in [2.45, 2.75) is 83.9 Å². The maximum atomic E-state index is 12.7. The van der Waals surface area contributed by atoms with Crippen LogP contribution in [0, 0.1) is 0 Å². The summed E-state index contributed by atoms with van der Waals surface area (Å²) >= 11 is 0. The van der Waals surface area contributed by atoms with Crippen LogP contribution < -0.4 is 16.4 Å². The summed E-state index contributed by atoms with van der Waals surface area (Å²) in [5.74, 6) is -0.845. The first-order chi connectivity index (χ1) is 14.5. The average Bonchev–Trinajstić information content (AvgIpc) is 2.73. The number of hydrogen-bond acceptors (Lipinski definition) is 5. The molecule has 31 heavy (non-hydrogen) atoms. The number of primary amides is 1. The monoisotopic (exact) mass is 455 g/mol. The van der Waals surface area contributed by atoms with Gasteiger partial charge in [0.15, 0.2) is 0 Å². The van der Waals surface area contributed by atoms with Gasteiger partial charge in [0.25, 0.3) is 0 Å². The Balaban J connectivity index is 0.00000900. The number of carbonyl (C=O) groups is 3. The van der Waals surface area contributed by atoms with Crippen molar-refractivity contribution in [3.63, 3.8) is 0 Å². The second kappa shape index (κ2) is 17.5. The minimum absolute atomic E-state index is 0. The molecule has 2 atom stereocenters. The molecule has 0 saturated heterocycles.